The van der Waals surface area contributed by atoms with Crippen molar-refractivity contribution < 1.29 is 4.79 Å². The number of amides is 1. The monoisotopic (exact) mass is 275 g/mol. The lowest BCUT2D eigenvalue weighted by Gasteiger charge is -2.32. The first-order valence-electron chi connectivity index (χ1n) is 7.53. The van der Waals surface area contributed by atoms with Gasteiger partial charge in [0.15, 0.2) is 0 Å². The highest BCUT2D eigenvalue weighted by molar-refractivity contribution is 5.78. The Morgan fingerprint density at radius 1 is 1.25 bits per heavy atom. The molecule has 1 fully saturated rings. The Balaban J connectivity index is 1.61. The number of carbonyl (C=O) groups is 1. The summed E-state index contributed by atoms with van der Waals surface area (Å²) in [5, 5.41) is 2.98. The molecule has 110 valence electrons. The Labute approximate surface area is 121 Å². The summed E-state index contributed by atoms with van der Waals surface area (Å²) in [6, 6.07) is 11.0. The molecule has 0 aromatic heterocycles. The second-order valence-electron chi connectivity index (χ2n) is 5.48. The van der Waals surface area contributed by atoms with Crippen molar-refractivity contribution >= 4 is 5.91 Å². The lowest BCUT2D eigenvalue weighted by molar-refractivity contribution is -0.120. The van der Waals surface area contributed by atoms with Crippen molar-refractivity contribution in [2.24, 2.45) is 5.73 Å². The number of aryl methyl sites for hydroxylation is 1. The molecule has 1 amide bonds. The number of hydrogen-bond acceptors (Lipinski definition) is 3. The van der Waals surface area contributed by atoms with Crippen LogP contribution >= 0.6 is 0 Å². The zero-order chi connectivity index (χ0) is 14.2. The molecule has 0 radical (unpaired) electrons. The third-order valence-corrected chi connectivity index (χ3v) is 3.92. The molecule has 1 aromatic carbocycles. The molecule has 0 atom stereocenters. The topological polar surface area (TPSA) is 58.4 Å². The summed E-state index contributed by atoms with van der Waals surface area (Å²) >= 11 is 0. The first-order chi connectivity index (χ1) is 9.78. The van der Waals surface area contributed by atoms with Crippen LogP contribution in [-0.2, 0) is 11.2 Å². The van der Waals surface area contributed by atoms with E-state index in [9.17, 15) is 4.79 Å². The maximum absolute atomic E-state index is 11.2. The van der Waals surface area contributed by atoms with E-state index < -0.39 is 0 Å². The molecule has 0 aliphatic carbocycles. The Bertz CT molecular complexity index is 399. The van der Waals surface area contributed by atoms with Crippen molar-refractivity contribution in [1.29, 1.82) is 0 Å². The van der Waals surface area contributed by atoms with Crippen LogP contribution < -0.4 is 11.1 Å². The van der Waals surface area contributed by atoms with Crippen LogP contribution in [0, 0.1) is 0 Å². The standard InChI is InChI=1S/C16H25N3O/c17-13-16(20)18-15-8-11-19(12-9-15)10-4-7-14-5-2-1-3-6-14/h1-3,5-6,15H,4,7-13,17H2,(H,18,20). The number of likely N-dealkylation sites (tertiary alicyclic amines) is 1. The minimum absolute atomic E-state index is 0.0347. The second kappa shape index (κ2) is 8.02. The SMILES string of the molecule is NCC(=O)NC1CCN(CCCc2ccccc2)CC1. The summed E-state index contributed by atoms with van der Waals surface area (Å²) in [7, 11) is 0. The Morgan fingerprint density at radius 3 is 2.60 bits per heavy atom. The molecule has 1 aliphatic heterocycles. The van der Waals surface area contributed by atoms with Gasteiger partial charge in [-0.05, 0) is 37.8 Å². The number of nitrogens with one attached hydrogen (secondary N) is 1. The fourth-order valence-electron chi connectivity index (χ4n) is 2.74. The summed E-state index contributed by atoms with van der Waals surface area (Å²) in [4.78, 5) is 13.7. The second-order valence-corrected chi connectivity index (χ2v) is 5.48. The number of nitrogens with zero attached hydrogens (tertiary/aromatic N) is 1. The molecule has 4 heteroatoms. The summed E-state index contributed by atoms with van der Waals surface area (Å²) in [5.74, 6) is -0.0347. The minimum Gasteiger partial charge on any atom is -0.352 e. The van der Waals surface area contributed by atoms with Crippen LogP contribution in [0.4, 0.5) is 0 Å². The molecule has 0 saturated carbocycles. The third-order valence-electron chi connectivity index (χ3n) is 3.92. The van der Waals surface area contributed by atoms with Gasteiger partial charge in [0, 0.05) is 19.1 Å². The number of piperidine rings is 1. The van der Waals surface area contributed by atoms with Gasteiger partial charge in [-0.25, -0.2) is 0 Å². The van der Waals surface area contributed by atoms with Gasteiger partial charge in [0.1, 0.15) is 0 Å². The van der Waals surface area contributed by atoms with E-state index in [1.807, 2.05) is 0 Å². The van der Waals surface area contributed by atoms with Crippen LogP contribution in [0.3, 0.4) is 0 Å². The summed E-state index contributed by atoms with van der Waals surface area (Å²) in [6.45, 7) is 3.39. The molecule has 0 bridgehead atoms. The lowest BCUT2D eigenvalue weighted by atomic mass is 10.0. The van der Waals surface area contributed by atoms with Crippen LogP contribution in [0.1, 0.15) is 24.8 Å². The molecule has 3 N–H and O–H groups in total. The van der Waals surface area contributed by atoms with Crippen LogP contribution in [-0.4, -0.2) is 43.0 Å². The maximum Gasteiger partial charge on any atom is 0.233 e. The fourth-order valence-corrected chi connectivity index (χ4v) is 2.74. The van der Waals surface area contributed by atoms with E-state index in [2.05, 4.69) is 40.5 Å². The Hall–Kier alpha value is -1.39. The van der Waals surface area contributed by atoms with Gasteiger partial charge in [0.05, 0.1) is 6.54 Å². The molecule has 1 aromatic rings. The van der Waals surface area contributed by atoms with E-state index in [4.69, 9.17) is 5.73 Å². The first kappa shape index (κ1) is 15.0. The van der Waals surface area contributed by atoms with Crippen LogP contribution in [0.25, 0.3) is 0 Å². The van der Waals surface area contributed by atoms with Crippen molar-refractivity contribution in [2.45, 2.75) is 31.7 Å². The molecule has 0 unspecified atom stereocenters. The van der Waals surface area contributed by atoms with Gasteiger partial charge in [-0.1, -0.05) is 30.3 Å². The molecule has 0 spiro atoms. The summed E-state index contributed by atoms with van der Waals surface area (Å²) in [5.41, 5.74) is 6.73. The predicted molar refractivity (Wildman–Crippen MR) is 81.4 cm³/mol. The number of carbonyl (C=O) groups excluding carboxylic acids is 1. The van der Waals surface area contributed by atoms with E-state index in [1.165, 1.54) is 12.0 Å². The molecule has 20 heavy (non-hydrogen) atoms. The van der Waals surface area contributed by atoms with Crippen LogP contribution in [0.15, 0.2) is 30.3 Å². The van der Waals surface area contributed by atoms with Crippen molar-refractivity contribution in [2.75, 3.05) is 26.2 Å². The molecule has 2 rings (SSSR count). The van der Waals surface area contributed by atoms with Gasteiger partial charge >= 0.3 is 0 Å². The smallest absolute Gasteiger partial charge is 0.233 e. The van der Waals surface area contributed by atoms with E-state index in [0.29, 0.717) is 6.04 Å². The summed E-state index contributed by atoms with van der Waals surface area (Å²) < 4.78 is 0. The molecular formula is C16H25N3O. The van der Waals surface area contributed by atoms with Crippen molar-refractivity contribution in [3.05, 3.63) is 35.9 Å². The number of hydrogen-bond donors (Lipinski definition) is 2. The molecule has 1 aliphatic rings. The maximum atomic E-state index is 11.2. The fraction of sp³-hybridized carbons (Fsp3) is 0.562. The number of nitrogens with two attached hydrogens (primary N) is 1. The van der Waals surface area contributed by atoms with E-state index >= 15 is 0 Å². The average molecular weight is 275 g/mol. The summed E-state index contributed by atoms with van der Waals surface area (Å²) in [6.07, 6.45) is 4.42. The Kier molecular flexibility index (Phi) is 6.02. The molecule has 1 heterocycles. The highest BCUT2D eigenvalue weighted by Crippen LogP contribution is 2.11. The van der Waals surface area contributed by atoms with Gasteiger partial charge in [-0.15, -0.1) is 0 Å². The van der Waals surface area contributed by atoms with Crippen molar-refractivity contribution in [1.82, 2.24) is 10.2 Å². The molecule has 1 saturated heterocycles. The highest BCUT2D eigenvalue weighted by Gasteiger charge is 2.19. The van der Waals surface area contributed by atoms with E-state index in [1.54, 1.807) is 0 Å². The normalized spacial score (nSPS) is 17.1. The average Bonchev–Trinajstić information content (AvgIpc) is 2.50. The third kappa shape index (κ3) is 4.94. The van der Waals surface area contributed by atoms with E-state index in [0.717, 1.165) is 38.9 Å². The molecule has 4 nitrogen and oxygen atoms in total. The minimum atomic E-state index is -0.0347. The van der Waals surface area contributed by atoms with Gasteiger partial charge in [0.25, 0.3) is 0 Å². The zero-order valence-electron chi connectivity index (χ0n) is 12.1. The molecular weight excluding hydrogens is 250 g/mol. The highest BCUT2D eigenvalue weighted by atomic mass is 16.1. The largest absolute Gasteiger partial charge is 0.352 e. The van der Waals surface area contributed by atoms with Crippen LogP contribution in [0.2, 0.25) is 0 Å². The Morgan fingerprint density at radius 2 is 1.95 bits per heavy atom. The quantitative estimate of drug-likeness (QED) is 0.819. The van der Waals surface area contributed by atoms with Gasteiger partial charge < -0.3 is 16.0 Å². The predicted octanol–water partition coefficient (Wildman–Crippen LogP) is 1.16. The number of rotatable bonds is 6. The van der Waals surface area contributed by atoms with Gasteiger partial charge in [-0.3, -0.25) is 4.79 Å². The van der Waals surface area contributed by atoms with E-state index in [-0.39, 0.29) is 12.5 Å². The number of benzene rings is 1. The van der Waals surface area contributed by atoms with Gasteiger partial charge in [0.2, 0.25) is 5.91 Å². The zero-order valence-corrected chi connectivity index (χ0v) is 12.1. The van der Waals surface area contributed by atoms with Crippen LogP contribution in [0.5, 0.6) is 0 Å². The van der Waals surface area contributed by atoms with Gasteiger partial charge in [-0.2, -0.15) is 0 Å². The van der Waals surface area contributed by atoms with Crippen molar-refractivity contribution in [3.8, 4) is 0 Å². The first-order valence-corrected chi connectivity index (χ1v) is 7.53. The lowest BCUT2D eigenvalue weighted by Crippen LogP contribution is -2.46. The van der Waals surface area contributed by atoms with Crippen molar-refractivity contribution in [3.63, 3.8) is 0 Å².